The summed E-state index contributed by atoms with van der Waals surface area (Å²) in [6, 6.07) is 0. The van der Waals surface area contributed by atoms with Crippen LogP contribution in [0.1, 0.15) is 0 Å². The van der Waals surface area contributed by atoms with Crippen LogP contribution in [-0.4, -0.2) is 34.6 Å². The Balaban J connectivity index is 2.83. The standard InChI is InChI=1S/C4H9O3/c5-2-1-4(7)3-6/h1,4-7H,2-3H2. The molecular weight excluding hydrogens is 96.0 g/mol. The van der Waals surface area contributed by atoms with Gasteiger partial charge in [-0.25, -0.2) is 0 Å². The lowest BCUT2D eigenvalue weighted by Crippen LogP contribution is -2.13. The van der Waals surface area contributed by atoms with Crippen molar-refractivity contribution < 1.29 is 15.3 Å². The zero-order valence-corrected chi connectivity index (χ0v) is 3.91. The van der Waals surface area contributed by atoms with E-state index in [1.807, 2.05) is 0 Å². The summed E-state index contributed by atoms with van der Waals surface area (Å²) < 4.78 is 0. The zero-order valence-electron chi connectivity index (χ0n) is 3.91. The molecule has 3 heteroatoms. The van der Waals surface area contributed by atoms with Crippen LogP contribution in [0.4, 0.5) is 0 Å². The van der Waals surface area contributed by atoms with Crippen LogP contribution in [0.2, 0.25) is 0 Å². The molecule has 0 aromatic carbocycles. The Morgan fingerprint density at radius 1 is 1.43 bits per heavy atom. The molecule has 0 spiro atoms. The highest BCUT2D eigenvalue weighted by atomic mass is 16.3. The van der Waals surface area contributed by atoms with Crippen molar-refractivity contribution in [1.82, 2.24) is 0 Å². The van der Waals surface area contributed by atoms with Crippen molar-refractivity contribution in [2.45, 2.75) is 6.10 Å². The van der Waals surface area contributed by atoms with E-state index in [-0.39, 0.29) is 13.2 Å². The van der Waals surface area contributed by atoms with Crippen LogP contribution in [-0.2, 0) is 0 Å². The molecule has 0 aromatic heterocycles. The van der Waals surface area contributed by atoms with Gasteiger partial charge in [0.2, 0.25) is 0 Å². The van der Waals surface area contributed by atoms with E-state index in [2.05, 4.69) is 0 Å². The molecule has 0 saturated heterocycles. The molecule has 0 aliphatic heterocycles. The smallest absolute Gasteiger partial charge is 0.0825 e. The Hall–Kier alpha value is -0.120. The fourth-order valence-corrected chi connectivity index (χ4v) is 0.196. The molecule has 0 fully saturated rings. The van der Waals surface area contributed by atoms with Gasteiger partial charge in [0.05, 0.1) is 12.7 Å². The van der Waals surface area contributed by atoms with E-state index >= 15 is 0 Å². The second-order valence-corrected chi connectivity index (χ2v) is 1.17. The van der Waals surface area contributed by atoms with Crippen molar-refractivity contribution >= 4 is 0 Å². The number of rotatable bonds is 3. The van der Waals surface area contributed by atoms with Crippen LogP contribution in [0, 0.1) is 6.42 Å². The van der Waals surface area contributed by atoms with Crippen LogP contribution in [0.5, 0.6) is 0 Å². The molecule has 0 heterocycles. The highest BCUT2D eigenvalue weighted by molar-refractivity contribution is 4.71. The number of aliphatic hydroxyl groups is 3. The number of hydrogen-bond acceptors (Lipinski definition) is 3. The van der Waals surface area contributed by atoms with Gasteiger partial charge in [-0.05, 0) is 0 Å². The molecule has 0 rings (SSSR count). The van der Waals surface area contributed by atoms with Gasteiger partial charge in [0.25, 0.3) is 0 Å². The lowest BCUT2D eigenvalue weighted by Gasteiger charge is -2.00. The Morgan fingerprint density at radius 2 is 2.00 bits per heavy atom. The fraction of sp³-hybridized carbons (Fsp3) is 0.750. The molecule has 0 aromatic rings. The van der Waals surface area contributed by atoms with E-state index in [0.29, 0.717) is 0 Å². The average molecular weight is 105 g/mol. The molecule has 3 nitrogen and oxygen atoms in total. The molecule has 1 atom stereocenters. The molecule has 0 bridgehead atoms. The zero-order chi connectivity index (χ0) is 5.70. The van der Waals surface area contributed by atoms with Gasteiger partial charge >= 0.3 is 0 Å². The van der Waals surface area contributed by atoms with Gasteiger partial charge in [-0.2, -0.15) is 0 Å². The summed E-state index contributed by atoms with van der Waals surface area (Å²) in [5.41, 5.74) is 0. The quantitative estimate of drug-likeness (QED) is 0.411. The summed E-state index contributed by atoms with van der Waals surface area (Å²) in [5, 5.41) is 24.5. The van der Waals surface area contributed by atoms with Crippen molar-refractivity contribution in [3.05, 3.63) is 6.42 Å². The van der Waals surface area contributed by atoms with Crippen molar-refractivity contribution in [2.24, 2.45) is 0 Å². The predicted molar refractivity (Wildman–Crippen MR) is 24.5 cm³/mol. The highest BCUT2D eigenvalue weighted by Crippen LogP contribution is 1.83. The summed E-state index contributed by atoms with van der Waals surface area (Å²) >= 11 is 0. The molecule has 1 radical (unpaired) electrons. The third-order valence-corrected chi connectivity index (χ3v) is 0.565. The molecule has 43 valence electrons. The normalized spacial score (nSPS) is 14.1. The molecule has 0 aliphatic rings. The molecule has 0 aliphatic carbocycles. The summed E-state index contributed by atoms with van der Waals surface area (Å²) in [5.74, 6) is 0. The predicted octanol–water partition coefficient (Wildman–Crippen LogP) is -1.46. The maximum atomic E-state index is 8.39. The first-order chi connectivity index (χ1) is 3.31. The van der Waals surface area contributed by atoms with E-state index in [1.54, 1.807) is 0 Å². The summed E-state index contributed by atoms with van der Waals surface area (Å²) in [4.78, 5) is 0. The average Bonchev–Trinajstić information content (AvgIpc) is 1.68. The second kappa shape index (κ2) is 4.05. The van der Waals surface area contributed by atoms with Crippen LogP contribution >= 0.6 is 0 Å². The first kappa shape index (κ1) is 6.88. The van der Waals surface area contributed by atoms with E-state index in [9.17, 15) is 0 Å². The van der Waals surface area contributed by atoms with E-state index < -0.39 is 6.10 Å². The van der Waals surface area contributed by atoms with E-state index in [0.717, 1.165) is 0 Å². The summed E-state index contributed by atoms with van der Waals surface area (Å²) in [7, 11) is 0. The maximum absolute atomic E-state index is 8.39. The van der Waals surface area contributed by atoms with Gasteiger partial charge in [-0.3, -0.25) is 0 Å². The lowest BCUT2D eigenvalue weighted by atomic mass is 10.3. The largest absolute Gasteiger partial charge is 0.396 e. The third-order valence-electron chi connectivity index (χ3n) is 0.565. The van der Waals surface area contributed by atoms with Gasteiger partial charge in [0.1, 0.15) is 0 Å². The second-order valence-electron chi connectivity index (χ2n) is 1.17. The van der Waals surface area contributed by atoms with Crippen LogP contribution < -0.4 is 0 Å². The van der Waals surface area contributed by atoms with Gasteiger partial charge in [-0.15, -0.1) is 0 Å². The Labute approximate surface area is 42.2 Å². The van der Waals surface area contributed by atoms with Crippen LogP contribution in [0.15, 0.2) is 0 Å². The highest BCUT2D eigenvalue weighted by Gasteiger charge is 1.97. The monoisotopic (exact) mass is 105 g/mol. The summed E-state index contributed by atoms with van der Waals surface area (Å²) in [6.07, 6.45) is 0.338. The Kier molecular flexibility index (Phi) is 3.98. The molecule has 1 unspecified atom stereocenters. The molecular formula is C4H9O3. The minimum Gasteiger partial charge on any atom is -0.396 e. The first-order valence-corrected chi connectivity index (χ1v) is 2.04. The fourth-order valence-electron chi connectivity index (χ4n) is 0.196. The third kappa shape index (κ3) is 3.72. The van der Waals surface area contributed by atoms with Crippen LogP contribution in [0.3, 0.4) is 0 Å². The SMILES string of the molecule is OC[CH]C(O)CO. The minimum absolute atomic E-state index is 0.193. The van der Waals surface area contributed by atoms with Gasteiger partial charge < -0.3 is 15.3 Å². The molecule has 7 heavy (non-hydrogen) atoms. The minimum atomic E-state index is -0.870. The van der Waals surface area contributed by atoms with Gasteiger partial charge in [-0.1, -0.05) is 0 Å². The van der Waals surface area contributed by atoms with Crippen molar-refractivity contribution in [2.75, 3.05) is 13.2 Å². The van der Waals surface area contributed by atoms with Gasteiger partial charge in [0.15, 0.2) is 0 Å². The van der Waals surface area contributed by atoms with E-state index in [1.165, 1.54) is 6.42 Å². The molecule has 0 saturated carbocycles. The van der Waals surface area contributed by atoms with Crippen molar-refractivity contribution in [3.63, 3.8) is 0 Å². The first-order valence-electron chi connectivity index (χ1n) is 2.04. The Morgan fingerprint density at radius 3 is 2.14 bits per heavy atom. The molecule has 0 amide bonds. The Bertz CT molecular complexity index is 37.9. The van der Waals surface area contributed by atoms with Crippen LogP contribution in [0.25, 0.3) is 0 Å². The summed E-state index contributed by atoms with van der Waals surface area (Å²) in [6.45, 7) is -0.512. The van der Waals surface area contributed by atoms with Gasteiger partial charge in [0, 0.05) is 13.0 Å². The molecule has 3 N–H and O–H groups in total. The lowest BCUT2D eigenvalue weighted by molar-refractivity contribution is 0.108. The van der Waals surface area contributed by atoms with Crippen molar-refractivity contribution in [3.8, 4) is 0 Å². The topological polar surface area (TPSA) is 60.7 Å². The number of hydrogen-bond donors (Lipinski definition) is 3. The number of aliphatic hydroxyl groups excluding tert-OH is 3. The maximum Gasteiger partial charge on any atom is 0.0825 e. The van der Waals surface area contributed by atoms with E-state index in [4.69, 9.17) is 15.3 Å². The van der Waals surface area contributed by atoms with Crippen molar-refractivity contribution in [1.29, 1.82) is 0 Å².